The number of nitrogens with one attached hydrogen (secondary N) is 4. The molecular weight excluding hydrogens is 624 g/mol. The van der Waals surface area contributed by atoms with Gasteiger partial charge in [-0.3, -0.25) is 34.1 Å². The van der Waals surface area contributed by atoms with Crippen LogP contribution in [0.5, 0.6) is 0 Å². The number of rotatable bonds is 12. The topological polar surface area (TPSA) is 199 Å². The molecule has 1 aromatic heterocycles. The van der Waals surface area contributed by atoms with E-state index >= 15 is 0 Å². The van der Waals surface area contributed by atoms with E-state index in [0.717, 1.165) is 12.8 Å². The van der Waals surface area contributed by atoms with Crippen molar-refractivity contribution in [2.24, 2.45) is 5.92 Å². The number of carbonyl (C=O) groups excluding carboxylic acids is 7. The van der Waals surface area contributed by atoms with Crippen LogP contribution in [0.1, 0.15) is 59.3 Å². The largest absolute Gasteiger partial charge is 0.465 e. The third kappa shape index (κ3) is 9.19. The van der Waals surface area contributed by atoms with Gasteiger partial charge in [0.25, 0.3) is 6.47 Å². The number of aromatic nitrogens is 1. The van der Waals surface area contributed by atoms with Crippen molar-refractivity contribution >= 4 is 47.9 Å². The Bertz CT molecular complexity index is 1350. The Balaban J connectivity index is 1.37. The number of hydrogen-bond acceptors (Lipinski definition) is 9. The fraction of sp³-hybridized carbons (Fsp3) is 0.625. The summed E-state index contributed by atoms with van der Waals surface area (Å²) in [5, 5.41) is 10.1. The van der Waals surface area contributed by atoms with Gasteiger partial charge < -0.3 is 35.4 Å². The smallest absolute Gasteiger partial charge is 0.320 e. The van der Waals surface area contributed by atoms with Crippen LogP contribution in [0.4, 0.5) is 10.6 Å². The maximum absolute atomic E-state index is 14.0. The second-order valence-corrected chi connectivity index (χ2v) is 12.7. The summed E-state index contributed by atoms with van der Waals surface area (Å²) in [6.07, 6.45) is 5.07. The van der Waals surface area contributed by atoms with Gasteiger partial charge >= 0.3 is 6.03 Å². The Morgan fingerprint density at radius 1 is 0.958 bits per heavy atom. The molecule has 0 saturated carbocycles. The highest BCUT2D eigenvalue weighted by atomic mass is 16.5. The van der Waals surface area contributed by atoms with Crippen LogP contribution < -0.4 is 21.3 Å². The van der Waals surface area contributed by atoms with E-state index in [1.165, 1.54) is 16.0 Å². The molecule has 1 aromatic rings. The summed E-state index contributed by atoms with van der Waals surface area (Å²) in [5.74, 6) is -1.67. The zero-order valence-electron chi connectivity index (χ0n) is 27.7. The molecule has 4 unspecified atom stereocenters. The van der Waals surface area contributed by atoms with E-state index in [1.807, 2.05) is 6.92 Å². The summed E-state index contributed by atoms with van der Waals surface area (Å²) in [6, 6.07) is 0.539. The molecule has 16 heteroatoms. The maximum Gasteiger partial charge on any atom is 0.320 e. The lowest BCUT2D eigenvalue weighted by Gasteiger charge is -2.39. The second-order valence-electron chi connectivity index (χ2n) is 12.7. The molecule has 3 saturated heterocycles. The average Bonchev–Trinajstić information content (AvgIpc) is 3.71. The molecule has 7 amide bonds. The zero-order valence-corrected chi connectivity index (χ0v) is 27.7. The van der Waals surface area contributed by atoms with Gasteiger partial charge in [-0.2, -0.15) is 0 Å². The fourth-order valence-corrected chi connectivity index (χ4v) is 6.69. The van der Waals surface area contributed by atoms with E-state index < -0.39 is 67.0 Å². The van der Waals surface area contributed by atoms with Crippen molar-refractivity contribution in [3.8, 4) is 0 Å². The molecule has 6 atom stereocenters. The van der Waals surface area contributed by atoms with E-state index in [2.05, 4.69) is 33.2 Å². The number of piperidine rings is 1. The Kier molecular flexibility index (Phi) is 12.7. The molecule has 0 aliphatic carbocycles. The second kappa shape index (κ2) is 16.9. The van der Waals surface area contributed by atoms with Crippen LogP contribution in [-0.2, 0) is 33.5 Å². The minimum atomic E-state index is -1.32. The number of likely N-dealkylation sites (tertiary alicyclic amines) is 3. The summed E-state index contributed by atoms with van der Waals surface area (Å²) in [6.45, 7) is 6.07. The predicted octanol–water partition coefficient (Wildman–Crippen LogP) is -0.00540. The first-order valence-corrected chi connectivity index (χ1v) is 16.5. The standard InChI is InChI=1S/C32H46N8O8/c1-20-15-21(2)40(17-20)29(44)22(3)35-28(43)24-9-5-7-13-38(24)31(46)25-10-8-14-39(25)30(45)23(18-48-19-41)36-27(42)16-34-32(47)37-26-11-4-6-12-33-26/h4,6,11-12,19-25H,5,7-10,13-18H2,1-3H3,(H,35,43)(H,36,42)(H2,33,34,37,47)/t20-,21?,22?,23+,24?,25?/m1/s1. The molecule has 16 nitrogen and oxygen atoms in total. The monoisotopic (exact) mass is 670 g/mol. The van der Waals surface area contributed by atoms with Gasteiger partial charge in [0.05, 0.1) is 6.54 Å². The normalized spacial score (nSPS) is 23.4. The Hall–Kier alpha value is -4.76. The molecular formula is C32H46N8O8. The quantitative estimate of drug-likeness (QED) is 0.221. The molecule has 0 bridgehead atoms. The molecule has 0 spiro atoms. The first-order valence-electron chi connectivity index (χ1n) is 16.5. The number of urea groups is 1. The van der Waals surface area contributed by atoms with E-state index in [0.29, 0.717) is 44.7 Å². The Morgan fingerprint density at radius 2 is 1.71 bits per heavy atom. The third-order valence-corrected chi connectivity index (χ3v) is 8.99. The van der Waals surface area contributed by atoms with Crippen LogP contribution in [0.2, 0.25) is 0 Å². The molecule has 3 aliphatic rings. The first kappa shape index (κ1) is 36.1. The van der Waals surface area contributed by atoms with Crippen LogP contribution in [0.3, 0.4) is 0 Å². The third-order valence-electron chi connectivity index (χ3n) is 8.99. The van der Waals surface area contributed by atoms with E-state index in [4.69, 9.17) is 4.74 Å². The number of nitrogens with zero attached hydrogens (tertiary/aromatic N) is 4. The predicted molar refractivity (Wildman–Crippen MR) is 172 cm³/mol. The van der Waals surface area contributed by atoms with Crippen molar-refractivity contribution in [1.82, 2.24) is 35.6 Å². The molecule has 262 valence electrons. The van der Waals surface area contributed by atoms with Gasteiger partial charge in [0.15, 0.2) is 0 Å². The van der Waals surface area contributed by atoms with Crippen LogP contribution in [0.15, 0.2) is 24.4 Å². The number of anilines is 1. The van der Waals surface area contributed by atoms with Gasteiger partial charge in [0.1, 0.15) is 36.6 Å². The first-order chi connectivity index (χ1) is 23.0. The molecule has 0 aromatic carbocycles. The summed E-state index contributed by atoms with van der Waals surface area (Å²) in [4.78, 5) is 98.7. The summed E-state index contributed by atoms with van der Waals surface area (Å²) in [7, 11) is 0. The summed E-state index contributed by atoms with van der Waals surface area (Å²) < 4.78 is 4.82. The lowest BCUT2D eigenvalue weighted by atomic mass is 9.99. The van der Waals surface area contributed by atoms with Gasteiger partial charge in [-0.05, 0) is 70.4 Å². The number of amides is 7. The molecule has 4 N–H and O–H groups in total. The number of carbonyl (C=O) groups is 7. The Labute approximate surface area is 279 Å². The highest BCUT2D eigenvalue weighted by Crippen LogP contribution is 2.26. The van der Waals surface area contributed by atoms with Crippen molar-refractivity contribution in [1.29, 1.82) is 0 Å². The van der Waals surface area contributed by atoms with E-state index in [9.17, 15) is 33.6 Å². The van der Waals surface area contributed by atoms with Crippen LogP contribution in [0, 0.1) is 5.92 Å². The SMILES string of the molecule is CC(NC(=O)C1CCCCN1C(=O)C1CCCN1C(=O)[C@H](COC=O)NC(=O)CNC(=O)Nc1ccccn1)C(=O)N1C[C@H](C)CC1C. The Morgan fingerprint density at radius 3 is 2.40 bits per heavy atom. The van der Waals surface area contributed by atoms with Gasteiger partial charge in [-0.25, -0.2) is 9.78 Å². The van der Waals surface area contributed by atoms with Crippen LogP contribution >= 0.6 is 0 Å². The summed E-state index contributed by atoms with van der Waals surface area (Å²) >= 11 is 0. The van der Waals surface area contributed by atoms with E-state index in [-0.39, 0.29) is 30.8 Å². The van der Waals surface area contributed by atoms with Crippen molar-refractivity contribution < 1.29 is 38.3 Å². The molecule has 4 heterocycles. The van der Waals surface area contributed by atoms with Crippen molar-refractivity contribution in [3.63, 3.8) is 0 Å². The van der Waals surface area contributed by atoms with E-state index in [1.54, 1.807) is 30.0 Å². The maximum atomic E-state index is 14.0. The number of hydrogen-bond donors (Lipinski definition) is 4. The molecule has 48 heavy (non-hydrogen) atoms. The lowest BCUT2D eigenvalue weighted by molar-refractivity contribution is -0.151. The molecule has 4 rings (SSSR count). The van der Waals surface area contributed by atoms with Crippen LogP contribution in [0.25, 0.3) is 0 Å². The van der Waals surface area contributed by atoms with Gasteiger partial charge in [-0.15, -0.1) is 0 Å². The van der Waals surface area contributed by atoms with Gasteiger partial charge in [-0.1, -0.05) is 13.0 Å². The van der Waals surface area contributed by atoms with Gasteiger partial charge in [0, 0.05) is 31.9 Å². The van der Waals surface area contributed by atoms with Crippen molar-refractivity contribution in [2.75, 3.05) is 38.1 Å². The molecule has 3 fully saturated rings. The molecule has 3 aliphatic heterocycles. The van der Waals surface area contributed by atoms with Crippen molar-refractivity contribution in [3.05, 3.63) is 24.4 Å². The minimum absolute atomic E-state index is 0.0870. The average molecular weight is 671 g/mol. The summed E-state index contributed by atoms with van der Waals surface area (Å²) in [5.41, 5.74) is 0. The highest BCUT2D eigenvalue weighted by Gasteiger charge is 2.43. The van der Waals surface area contributed by atoms with Gasteiger partial charge in [0.2, 0.25) is 29.5 Å². The molecule has 0 radical (unpaired) electrons. The number of pyridine rings is 1. The van der Waals surface area contributed by atoms with Crippen molar-refractivity contribution in [2.45, 2.75) is 89.5 Å². The minimum Gasteiger partial charge on any atom is -0.465 e. The highest BCUT2D eigenvalue weighted by molar-refractivity contribution is 5.97. The van der Waals surface area contributed by atoms with Crippen LogP contribution in [-0.4, -0.2) is 125 Å². The number of ether oxygens (including phenoxy) is 1. The zero-order chi connectivity index (χ0) is 34.8. The fourth-order valence-electron chi connectivity index (χ4n) is 6.69. The lowest BCUT2D eigenvalue weighted by Crippen LogP contribution is -2.60.